The molecule has 3 heteroatoms. The van der Waals surface area contributed by atoms with Crippen LogP contribution in [0.15, 0.2) is 42.5 Å². The Balaban J connectivity index is 2.55. The van der Waals surface area contributed by atoms with E-state index in [9.17, 15) is 4.39 Å². The van der Waals surface area contributed by atoms with E-state index < -0.39 is 0 Å². The lowest BCUT2D eigenvalue weighted by Gasteiger charge is -2.28. The molecule has 2 rings (SSSR count). The third-order valence-electron chi connectivity index (χ3n) is 3.82. The lowest BCUT2D eigenvalue weighted by Crippen LogP contribution is -2.22. The maximum absolute atomic E-state index is 14.3. The molecule has 2 aromatic carbocycles. The second kappa shape index (κ2) is 6.72. The van der Waals surface area contributed by atoms with Crippen LogP contribution in [0.3, 0.4) is 0 Å². The molecule has 1 unspecified atom stereocenters. The second-order valence-corrected chi connectivity index (χ2v) is 5.27. The summed E-state index contributed by atoms with van der Waals surface area (Å²) < 4.78 is 14.3. The molecule has 0 saturated heterocycles. The Bertz CT molecular complexity index is 610. The maximum Gasteiger partial charge on any atom is 0.130 e. The fourth-order valence-corrected chi connectivity index (χ4v) is 2.62. The molecule has 0 radical (unpaired) electrons. The van der Waals surface area contributed by atoms with E-state index in [0.717, 1.165) is 17.9 Å². The van der Waals surface area contributed by atoms with Gasteiger partial charge in [-0.1, -0.05) is 18.2 Å². The van der Waals surface area contributed by atoms with Crippen molar-refractivity contribution in [2.24, 2.45) is 0 Å². The first kappa shape index (κ1) is 15.5. The van der Waals surface area contributed by atoms with Gasteiger partial charge in [0.2, 0.25) is 0 Å². The lowest BCUT2D eigenvalue weighted by molar-refractivity contribution is 0.562. The minimum Gasteiger partial charge on any atom is -0.341 e. The maximum atomic E-state index is 14.3. The van der Waals surface area contributed by atoms with E-state index in [2.05, 4.69) is 42.3 Å². The van der Waals surface area contributed by atoms with Gasteiger partial charge >= 0.3 is 0 Å². The van der Waals surface area contributed by atoms with Crippen LogP contribution < -0.4 is 10.2 Å². The van der Waals surface area contributed by atoms with E-state index in [0.29, 0.717) is 5.56 Å². The van der Waals surface area contributed by atoms with Crippen LogP contribution in [0, 0.1) is 12.7 Å². The van der Waals surface area contributed by atoms with Gasteiger partial charge in [-0.2, -0.15) is 0 Å². The lowest BCUT2D eigenvalue weighted by atomic mass is 10.0. The fraction of sp³-hybridized carbons (Fsp3) is 0.333. The number of nitrogens with one attached hydrogen (secondary N) is 1. The first-order chi connectivity index (χ1) is 10.1. The Labute approximate surface area is 126 Å². The standard InChI is InChI=1S/C18H23FN2/c1-5-21(15-9-6-8-13(2)12-15)17-11-7-10-16(19)18(17)14(3)20-4/h6-12,14,20H,5H2,1-4H3. The van der Waals surface area contributed by atoms with Gasteiger partial charge in [0.15, 0.2) is 0 Å². The van der Waals surface area contributed by atoms with Crippen LogP contribution in [0.25, 0.3) is 0 Å². The van der Waals surface area contributed by atoms with Gasteiger partial charge in [0, 0.05) is 29.5 Å². The van der Waals surface area contributed by atoms with E-state index >= 15 is 0 Å². The smallest absolute Gasteiger partial charge is 0.130 e. The highest BCUT2D eigenvalue weighted by Crippen LogP contribution is 2.33. The molecule has 0 aromatic heterocycles. The van der Waals surface area contributed by atoms with Crippen LogP contribution in [0.1, 0.15) is 31.0 Å². The molecule has 21 heavy (non-hydrogen) atoms. The third kappa shape index (κ3) is 3.24. The molecule has 0 amide bonds. The number of nitrogens with zero attached hydrogens (tertiary/aromatic N) is 1. The Kier molecular flexibility index (Phi) is 4.97. The molecule has 2 nitrogen and oxygen atoms in total. The number of rotatable bonds is 5. The van der Waals surface area contributed by atoms with E-state index in [4.69, 9.17) is 0 Å². The first-order valence-corrected chi connectivity index (χ1v) is 7.38. The number of hydrogen-bond acceptors (Lipinski definition) is 2. The molecule has 0 spiro atoms. The molecule has 0 aliphatic heterocycles. The van der Waals surface area contributed by atoms with E-state index in [-0.39, 0.29) is 11.9 Å². The number of anilines is 2. The quantitative estimate of drug-likeness (QED) is 0.866. The fourth-order valence-electron chi connectivity index (χ4n) is 2.62. The molecular formula is C18H23FN2. The summed E-state index contributed by atoms with van der Waals surface area (Å²) >= 11 is 0. The van der Waals surface area contributed by atoms with Crippen molar-refractivity contribution < 1.29 is 4.39 Å². The highest BCUT2D eigenvalue weighted by molar-refractivity contribution is 5.67. The molecular weight excluding hydrogens is 263 g/mol. The highest BCUT2D eigenvalue weighted by Gasteiger charge is 2.19. The molecule has 0 aliphatic rings. The Morgan fingerprint density at radius 1 is 1.19 bits per heavy atom. The summed E-state index contributed by atoms with van der Waals surface area (Å²) in [5, 5.41) is 3.14. The van der Waals surface area contributed by atoms with Crippen molar-refractivity contribution in [3.63, 3.8) is 0 Å². The van der Waals surface area contributed by atoms with Crippen molar-refractivity contribution in [3.8, 4) is 0 Å². The van der Waals surface area contributed by atoms with Crippen molar-refractivity contribution in [1.29, 1.82) is 0 Å². The van der Waals surface area contributed by atoms with Crippen LogP contribution in [-0.2, 0) is 0 Å². The number of halogens is 1. The topological polar surface area (TPSA) is 15.3 Å². The van der Waals surface area contributed by atoms with Crippen LogP contribution in [0.5, 0.6) is 0 Å². The molecule has 0 saturated carbocycles. The molecule has 0 fully saturated rings. The van der Waals surface area contributed by atoms with Gasteiger partial charge in [-0.05, 0) is 57.6 Å². The monoisotopic (exact) mass is 286 g/mol. The van der Waals surface area contributed by atoms with Gasteiger partial charge in [0.25, 0.3) is 0 Å². The summed E-state index contributed by atoms with van der Waals surface area (Å²) in [6, 6.07) is 13.5. The minimum absolute atomic E-state index is 0.0416. The van der Waals surface area contributed by atoms with Gasteiger partial charge in [0.05, 0.1) is 0 Å². The summed E-state index contributed by atoms with van der Waals surface area (Å²) in [4.78, 5) is 2.15. The Morgan fingerprint density at radius 2 is 1.90 bits per heavy atom. The van der Waals surface area contributed by atoms with Crippen molar-refractivity contribution in [2.75, 3.05) is 18.5 Å². The molecule has 0 heterocycles. The van der Waals surface area contributed by atoms with Crippen LogP contribution >= 0.6 is 0 Å². The summed E-state index contributed by atoms with van der Waals surface area (Å²) in [7, 11) is 1.85. The summed E-state index contributed by atoms with van der Waals surface area (Å²) in [6.07, 6.45) is 0. The summed E-state index contributed by atoms with van der Waals surface area (Å²) in [5.41, 5.74) is 3.92. The van der Waals surface area contributed by atoms with E-state index in [1.54, 1.807) is 6.07 Å². The van der Waals surface area contributed by atoms with Crippen LogP contribution in [-0.4, -0.2) is 13.6 Å². The zero-order valence-corrected chi connectivity index (χ0v) is 13.2. The molecule has 1 N–H and O–H groups in total. The van der Waals surface area contributed by atoms with Crippen LogP contribution in [0.2, 0.25) is 0 Å². The normalized spacial score (nSPS) is 12.2. The van der Waals surface area contributed by atoms with E-state index in [1.165, 1.54) is 11.6 Å². The third-order valence-corrected chi connectivity index (χ3v) is 3.82. The second-order valence-electron chi connectivity index (χ2n) is 5.27. The molecule has 0 bridgehead atoms. The zero-order chi connectivity index (χ0) is 15.4. The highest BCUT2D eigenvalue weighted by atomic mass is 19.1. The number of benzene rings is 2. The largest absolute Gasteiger partial charge is 0.341 e. The summed E-state index contributed by atoms with van der Waals surface area (Å²) in [5.74, 6) is -0.166. The van der Waals surface area contributed by atoms with Gasteiger partial charge in [-0.25, -0.2) is 4.39 Å². The van der Waals surface area contributed by atoms with Crippen LogP contribution in [0.4, 0.5) is 15.8 Å². The number of hydrogen-bond donors (Lipinski definition) is 1. The van der Waals surface area contributed by atoms with E-state index in [1.807, 2.05) is 26.1 Å². The van der Waals surface area contributed by atoms with Gasteiger partial charge in [0.1, 0.15) is 5.82 Å². The van der Waals surface area contributed by atoms with Gasteiger partial charge in [-0.3, -0.25) is 0 Å². The minimum atomic E-state index is -0.166. The van der Waals surface area contributed by atoms with Crippen molar-refractivity contribution in [2.45, 2.75) is 26.8 Å². The predicted molar refractivity (Wildman–Crippen MR) is 87.7 cm³/mol. The SMILES string of the molecule is CCN(c1cccc(C)c1)c1cccc(F)c1C(C)NC. The Morgan fingerprint density at radius 3 is 2.52 bits per heavy atom. The predicted octanol–water partition coefficient (Wildman–Crippen LogP) is 4.57. The van der Waals surface area contributed by atoms with Gasteiger partial charge in [-0.15, -0.1) is 0 Å². The van der Waals surface area contributed by atoms with Crippen molar-refractivity contribution >= 4 is 11.4 Å². The Hall–Kier alpha value is -1.87. The number of aryl methyl sites for hydroxylation is 1. The molecule has 1 atom stereocenters. The molecule has 2 aromatic rings. The first-order valence-electron chi connectivity index (χ1n) is 7.38. The average molecular weight is 286 g/mol. The average Bonchev–Trinajstić information content (AvgIpc) is 2.47. The molecule has 112 valence electrons. The van der Waals surface area contributed by atoms with Crippen molar-refractivity contribution in [1.82, 2.24) is 5.32 Å². The molecule has 0 aliphatic carbocycles. The zero-order valence-electron chi connectivity index (χ0n) is 13.2. The summed E-state index contributed by atoms with van der Waals surface area (Å²) in [6.45, 7) is 6.92. The van der Waals surface area contributed by atoms with Crippen molar-refractivity contribution in [3.05, 3.63) is 59.4 Å². The van der Waals surface area contributed by atoms with Gasteiger partial charge < -0.3 is 10.2 Å².